The number of imide groups is 2. The fourth-order valence-electron chi connectivity index (χ4n) is 2.72. The maximum absolute atomic E-state index is 12.9. The zero-order valence-electron chi connectivity index (χ0n) is 15.2. The predicted octanol–water partition coefficient (Wildman–Crippen LogP) is 3.41. The Morgan fingerprint density at radius 3 is 2.57 bits per heavy atom. The molecule has 4 amide bonds. The number of anilines is 1. The molecule has 1 fully saturated rings. The van der Waals surface area contributed by atoms with Crippen LogP contribution in [0.3, 0.4) is 0 Å². The van der Waals surface area contributed by atoms with Crippen LogP contribution in [-0.2, 0) is 9.59 Å². The van der Waals surface area contributed by atoms with Gasteiger partial charge in [0.25, 0.3) is 11.8 Å². The van der Waals surface area contributed by atoms with Gasteiger partial charge in [-0.05, 0) is 48.9 Å². The molecule has 2 aromatic carbocycles. The Balaban J connectivity index is 1.99. The van der Waals surface area contributed by atoms with Crippen molar-refractivity contribution in [1.82, 2.24) is 5.32 Å². The topological polar surface area (TPSA) is 84.9 Å². The molecule has 0 bridgehead atoms. The van der Waals surface area contributed by atoms with E-state index in [1.807, 2.05) is 6.92 Å². The molecule has 28 heavy (non-hydrogen) atoms. The lowest BCUT2D eigenvalue weighted by atomic mass is 10.1. The largest absolute Gasteiger partial charge is 0.493 e. The molecule has 1 N–H and O–H groups in total. The number of halogens is 1. The minimum atomic E-state index is -0.835. The van der Waals surface area contributed by atoms with E-state index >= 15 is 0 Å². The molecule has 7 nitrogen and oxygen atoms in total. The van der Waals surface area contributed by atoms with E-state index in [9.17, 15) is 14.4 Å². The summed E-state index contributed by atoms with van der Waals surface area (Å²) in [5, 5.41) is 2.53. The van der Waals surface area contributed by atoms with E-state index in [2.05, 4.69) is 5.32 Å². The van der Waals surface area contributed by atoms with E-state index in [0.29, 0.717) is 28.7 Å². The molecule has 0 aromatic heterocycles. The average Bonchev–Trinajstić information content (AvgIpc) is 2.66. The molecule has 0 unspecified atom stereocenters. The first-order valence-corrected chi connectivity index (χ1v) is 8.80. The van der Waals surface area contributed by atoms with Crippen molar-refractivity contribution in [3.8, 4) is 11.5 Å². The van der Waals surface area contributed by atoms with Gasteiger partial charge in [0.2, 0.25) is 0 Å². The van der Waals surface area contributed by atoms with E-state index < -0.39 is 17.8 Å². The fraction of sp³-hybridized carbons (Fsp3) is 0.150. The Labute approximate surface area is 166 Å². The Morgan fingerprint density at radius 2 is 1.89 bits per heavy atom. The van der Waals surface area contributed by atoms with Gasteiger partial charge in [-0.15, -0.1) is 0 Å². The van der Waals surface area contributed by atoms with Crippen LogP contribution in [-0.4, -0.2) is 31.6 Å². The summed E-state index contributed by atoms with van der Waals surface area (Å²) >= 11 is 5.95. The quantitative estimate of drug-likeness (QED) is 0.614. The molecule has 1 heterocycles. The zero-order valence-corrected chi connectivity index (χ0v) is 15.9. The van der Waals surface area contributed by atoms with Gasteiger partial charge in [0, 0.05) is 5.02 Å². The summed E-state index contributed by atoms with van der Waals surface area (Å²) in [6.45, 7) is 2.32. The van der Waals surface area contributed by atoms with Crippen molar-refractivity contribution in [2.24, 2.45) is 0 Å². The Kier molecular flexibility index (Phi) is 5.65. The number of methoxy groups -OCH3 is 1. The summed E-state index contributed by atoms with van der Waals surface area (Å²) in [7, 11) is 1.49. The van der Waals surface area contributed by atoms with Gasteiger partial charge in [0.1, 0.15) is 5.57 Å². The number of hydrogen-bond donors (Lipinski definition) is 1. The molecule has 1 aliphatic heterocycles. The van der Waals surface area contributed by atoms with E-state index in [0.717, 1.165) is 4.90 Å². The SMILES string of the molecule is CCOc1ccc(/C=C2\C(=O)NC(=O)N(c3cccc(Cl)c3)C2=O)cc1OC. The number of nitrogens with zero attached hydrogens (tertiary/aromatic N) is 1. The van der Waals surface area contributed by atoms with Crippen molar-refractivity contribution in [2.45, 2.75) is 6.92 Å². The second-order valence-electron chi connectivity index (χ2n) is 5.78. The summed E-state index contributed by atoms with van der Waals surface area (Å²) in [5.74, 6) is -0.519. The van der Waals surface area contributed by atoms with Crippen molar-refractivity contribution in [1.29, 1.82) is 0 Å². The van der Waals surface area contributed by atoms with Crippen molar-refractivity contribution in [2.75, 3.05) is 18.6 Å². The van der Waals surface area contributed by atoms with Crippen molar-refractivity contribution < 1.29 is 23.9 Å². The maximum Gasteiger partial charge on any atom is 0.335 e. The van der Waals surface area contributed by atoms with E-state index in [-0.39, 0.29) is 11.3 Å². The van der Waals surface area contributed by atoms with Gasteiger partial charge in [-0.25, -0.2) is 9.69 Å². The molecule has 8 heteroatoms. The molecule has 144 valence electrons. The first kappa shape index (κ1) is 19.4. The highest BCUT2D eigenvalue weighted by atomic mass is 35.5. The average molecular weight is 401 g/mol. The lowest BCUT2D eigenvalue weighted by Crippen LogP contribution is -2.54. The highest BCUT2D eigenvalue weighted by molar-refractivity contribution is 6.39. The molecular formula is C20H17ClN2O5. The summed E-state index contributed by atoms with van der Waals surface area (Å²) < 4.78 is 10.7. The van der Waals surface area contributed by atoms with Crippen LogP contribution in [0.1, 0.15) is 12.5 Å². The number of urea groups is 1. The van der Waals surface area contributed by atoms with Crippen LogP contribution in [0, 0.1) is 0 Å². The minimum absolute atomic E-state index is 0.189. The standard InChI is InChI=1S/C20H17ClN2O5/c1-3-28-16-8-7-12(10-17(16)27-2)9-15-18(24)22-20(26)23(19(15)25)14-6-4-5-13(21)11-14/h4-11H,3H2,1-2H3,(H,22,24,26)/b15-9+. The Hall–Kier alpha value is -3.32. The number of amides is 4. The van der Waals surface area contributed by atoms with Crippen LogP contribution >= 0.6 is 11.6 Å². The first-order valence-electron chi connectivity index (χ1n) is 8.42. The summed E-state index contributed by atoms with van der Waals surface area (Å²) in [6.07, 6.45) is 1.39. The highest BCUT2D eigenvalue weighted by Gasteiger charge is 2.36. The summed E-state index contributed by atoms with van der Waals surface area (Å²) in [4.78, 5) is 38.2. The van der Waals surface area contributed by atoms with Gasteiger partial charge in [0.05, 0.1) is 19.4 Å². The van der Waals surface area contributed by atoms with Gasteiger partial charge >= 0.3 is 6.03 Å². The molecule has 1 saturated heterocycles. The first-order chi connectivity index (χ1) is 13.4. The van der Waals surface area contributed by atoms with E-state index in [4.69, 9.17) is 21.1 Å². The van der Waals surface area contributed by atoms with E-state index in [1.54, 1.807) is 36.4 Å². The number of carbonyl (C=O) groups is 3. The normalized spacial score (nSPS) is 15.6. The maximum atomic E-state index is 12.9. The van der Waals surface area contributed by atoms with Crippen LogP contribution in [0.15, 0.2) is 48.0 Å². The van der Waals surface area contributed by atoms with Gasteiger partial charge < -0.3 is 9.47 Å². The smallest absolute Gasteiger partial charge is 0.335 e. The number of nitrogens with one attached hydrogen (secondary N) is 1. The molecule has 1 aliphatic rings. The van der Waals surface area contributed by atoms with Crippen LogP contribution < -0.4 is 19.7 Å². The Morgan fingerprint density at radius 1 is 1.11 bits per heavy atom. The molecule has 0 spiro atoms. The monoisotopic (exact) mass is 400 g/mol. The second-order valence-corrected chi connectivity index (χ2v) is 6.22. The highest BCUT2D eigenvalue weighted by Crippen LogP contribution is 2.30. The van der Waals surface area contributed by atoms with Gasteiger partial charge in [-0.1, -0.05) is 23.7 Å². The second kappa shape index (κ2) is 8.14. The van der Waals surface area contributed by atoms with Gasteiger partial charge in [-0.3, -0.25) is 14.9 Å². The fourth-order valence-corrected chi connectivity index (χ4v) is 2.91. The lowest BCUT2D eigenvalue weighted by molar-refractivity contribution is -0.122. The van der Waals surface area contributed by atoms with Crippen LogP contribution in [0.4, 0.5) is 10.5 Å². The zero-order chi connectivity index (χ0) is 20.3. The molecule has 0 aliphatic carbocycles. The number of ether oxygens (including phenoxy) is 2. The van der Waals surface area contributed by atoms with Crippen molar-refractivity contribution in [3.63, 3.8) is 0 Å². The number of barbiturate groups is 1. The lowest BCUT2D eigenvalue weighted by Gasteiger charge is -2.26. The van der Waals surface area contributed by atoms with Gasteiger partial charge in [0.15, 0.2) is 11.5 Å². The molecule has 0 atom stereocenters. The molecular weight excluding hydrogens is 384 g/mol. The third kappa shape index (κ3) is 3.84. The third-order valence-electron chi connectivity index (χ3n) is 3.97. The number of hydrogen-bond acceptors (Lipinski definition) is 5. The Bertz CT molecular complexity index is 986. The summed E-state index contributed by atoms with van der Waals surface area (Å²) in [6, 6.07) is 10.4. The molecule has 3 rings (SSSR count). The van der Waals surface area contributed by atoms with Crippen LogP contribution in [0.2, 0.25) is 5.02 Å². The number of carbonyl (C=O) groups excluding carboxylic acids is 3. The molecule has 0 radical (unpaired) electrons. The van der Waals surface area contributed by atoms with Crippen molar-refractivity contribution >= 4 is 41.2 Å². The predicted molar refractivity (Wildman–Crippen MR) is 105 cm³/mol. The van der Waals surface area contributed by atoms with Crippen LogP contribution in [0.25, 0.3) is 6.08 Å². The van der Waals surface area contributed by atoms with Crippen LogP contribution in [0.5, 0.6) is 11.5 Å². The number of rotatable bonds is 5. The molecule has 0 saturated carbocycles. The van der Waals surface area contributed by atoms with Crippen molar-refractivity contribution in [3.05, 3.63) is 58.6 Å². The summed E-state index contributed by atoms with van der Waals surface area (Å²) in [5.41, 5.74) is 0.614. The number of benzene rings is 2. The minimum Gasteiger partial charge on any atom is -0.493 e. The van der Waals surface area contributed by atoms with E-state index in [1.165, 1.54) is 19.3 Å². The van der Waals surface area contributed by atoms with Gasteiger partial charge in [-0.2, -0.15) is 0 Å². The molecule has 2 aromatic rings. The third-order valence-corrected chi connectivity index (χ3v) is 4.20.